The highest BCUT2D eigenvalue weighted by molar-refractivity contribution is 5.85. The zero-order valence-electron chi connectivity index (χ0n) is 10.4. The van der Waals surface area contributed by atoms with Crippen LogP contribution in [0.3, 0.4) is 0 Å². The molecule has 0 aromatic heterocycles. The number of halogens is 4. The van der Waals surface area contributed by atoms with E-state index in [2.05, 4.69) is 5.32 Å². The van der Waals surface area contributed by atoms with Crippen LogP contribution in [0, 0.1) is 5.92 Å². The molecule has 1 unspecified atom stereocenters. The van der Waals surface area contributed by atoms with Crippen molar-refractivity contribution in [2.75, 3.05) is 26.2 Å². The summed E-state index contributed by atoms with van der Waals surface area (Å²) in [5, 5.41) is 12.6. The van der Waals surface area contributed by atoms with Gasteiger partial charge in [0.05, 0.1) is 6.54 Å². The maximum Gasteiger partial charge on any atom is 0.419 e. The van der Waals surface area contributed by atoms with Gasteiger partial charge in [-0.3, -0.25) is 4.79 Å². The first kappa shape index (κ1) is 16.5. The summed E-state index contributed by atoms with van der Waals surface area (Å²) >= 11 is 0. The van der Waals surface area contributed by atoms with Crippen molar-refractivity contribution in [1.82, 2.24) is 10.2 Å². The molecule has 0 radical (unpaired) electrons. The number of nitrogens with one attached hydrogen (secondary N) is 1. The van der Waals surface area contributed by atoms with Gasteiger partial charge in [0.1, 0.15) is 0 Å². The van der Waals surface area contributed by atoms with E-state index in [9.17, 15) is 23.1 Å². The van der Waals surface area contributed by atoms with Gasteiger partial charge in [-0.2, -0.15) is 13.2 Å². The maximum absolute atomic E-state index is 12.6. The number of carbonyl (C=O) groups excluding carboxylic acids is 1. The predicted octanol–water partition coefficient (Wildman–Crippen LogP) is 0.933. The van der Waals surface area contributed by atoms with Gasteiger partial charge >= 0.3 is 6.18 Å². The number of amides is 1. The fourth-order valence-corrected chi connectivity index (χ4v) is 2.54. The van der Waals surface area contributed by atoms with Crippen LogP contribution < -0.4 is 5.32 Å². The number of hydrogen-bond acceptors (Lipinski definition) is 3. The minimum atomic E-state index is -4.67. The molecule has 0 aromatic rings. The quantitative estimate of drug-likeness (QED) is 0.758. The van der Waals surface area contributed by atoms with Gasteiger partial charge in [0.25, 0.3) is 0 Å². The van der Waals surface area contributed by atoms with Crippen LogP contribution in [0.2, 0.25) is 0 Å². The molecule has 0 aromatic carbocycles. The van der Waals surface area contributed by atoms with Crippen molar-refractivity contribution in [2.24, 2.45) is 5.92 Å². The Labute approximate surface area is 115 Å². The summed E-state index contributed by atoms with van der Waals surface area (Å²) in [7, 11) is 0. The lowest BCUT2D eigenvalue weighted by molar-refractivity contribution is -0.253. The Bertz CT molecular complexity index is 334. The molecule has 2 saturated heterocycles. The van der Waals surface area contributed by atoms with E-state index in [1.165, 1.54) is 0 Å². The van der Waals surface area contributed by atoms with Gasteiger partial charge in [-0.25, -0.2) is 0 Å². The van der Waals surface area contributed by atoms with Gasteiger partial charge in [0.2, 0.25) is 5.91 Å². The first-order chi connectivity index (χ1) is 8.33. The summed E-state index contributed by atoms with van der Waals surface area (Å²) in [6, 6.07) is 0. The third-order valence-electron chi connectivity index (χ3n) is 3.78. The molecule has 0 bridgehead atoms. The monoisotopic (exact) mass is 302 g/mol. The fraction of sp³-hybridized carbons (Fsp3) is 0.909. The predicted molar refractivity (Wildman–Crippen MR) is 65.0 cm³/mol. The van der Waals surface area contributed by atoms with E-state index in [1.807, 2.05) is 0 Å². The molecule has 0 saturated carbocycles. The molecular weight excluding hydrogens is 285 g/mol. The van der Waals surface area contributed by atoms with Gasteiger partial charge in [-0.05, 0) is 25.9 Å². The van der Waals surface area contributed by atoms with Crippen LogP contribution in [-0.4, -0.2) is 53.9 Å². The fourth-order valence-electron chi connectivity index (χ4n) is 2.54. The molecule has 1 amide bonds. The van der Waals surface area contributed by atoms with Crippen molar-refractivity contribution in [3.63, 3.8) is 0 Å². The van der Waals surface area contributed by atoms with E-state index >= 15 is 0 Å². The van der Waals surface area contributed by atoms with Crippen molar-refractivity contribution in [2.45, 2.75) is 31.0 Å². The zero-order valence-corrected chi connectivity index (χ0v) is 11.2. The highest BCUT2D eigenvalue weighted by Crippen LogP contribution is 2.38. The standard InChI is InChI=1S/C11H17F3N2O2.ClH/c12-11(13,14)10(18)3-6-16(7-10)9(17)8-1-4-15-5-2-8;/h8,15,18H,1-7H2;1H. The maximum atomic E-state index is 12.6. The third kappa shape index (κ3) is 3.32. The summed E-state index contributed by atoms with van der Waals surface area (Å²) in [5.41, 5.74) is -2.73. The SMILES string of the molecule is Cl.O=C(C1CCNCC1)N1CCC(O)(C(F)(F)F)C1. The van der Waals surface area contributed by atoms with Gasteiger partial charge < -0.3 is 15.3 Å². The number of piperidine rings is 1. The van der Waals surface area contributed by atoms with Gasteiger partial charge in [-0.1, -0.05) is 0 Å². The van der Waals surface area contributed by atoms with Gasteiger partial charge in [0, 0.05) is 18.9 Å². The molecule has 2 rings (SSSR count). The Hall–Kier alpha value is -0.530. The van der Waals surface area contributed by atoms with E-state index in [0.29, 0.717) is 25.9 Å². The summed E-state index contributed by atoms with van der Waals surface area (Å²) in [4.78, 5) is 13.2. The third-order valence-corrected chi connectivity index (χ3v) is 3.78. The highest BCUT2D eigenvalue weighted by Gasteiger charge is 2.58. The lowest BCUT2D eigenvalue weighted by Gasteiger charge is -2.29. The second-order valence-electron chi connectivity index (χ2n) is 5.06. The molecule has 1 atom stereocenters. The second-order valence-corrected chi connectivity index (χ2v) is 5.06. The molecule has 2 aliphatic heterocycles. The molecule has 4 nitrogen and oxygen atoms in total. The van der Waals surface area contributed by atoms with E-state index in [-0.39, 0.29) is 30.8 Å². The normalized spacial score (nSPS) is 29.2. The first-order valence-corrected chi connectivity index (χ1v) is 6.12. The average Bonchev–Trinajstić information content (AvgIpc) is 2.73. The Kier molecular flexibility index (Phi) is 5.08. The molecule has 2 N–H and O–H groups in total. The van der Waals surface area contributed by atoms with Crippen molar-refractivity contribution in [3.05, 3.63) is 0 Å². The molecule has 19 heavy (non-hydrogen) atoms. The number of β-amino-alcohol motifs (C(OH)–C–C–N with tert-alkyl or cyclic N) is 1. The van der Waals surface area contributed by atoms with Crippen LogP contribution in [0.15, 0.2) is 0 Å². The average molecular weight is 303 g/mol. The Morgan fingerprint density at radius 3 is 2.37 bits per heavy atom. The number of rotatable bonds is 1. The van der Waals surface area contributed by atoms with Crippen LogP contribution in [0.4, 0.5) is 13.2 Å². The number of nitrogens with zero attached hydrogens (tertiary/aromatic N) is 1. The van der Waals surface area contributed by atoms with Crippen LogP contribution in [0.25, 0.3) is 0 Å². The minimum Gasteiger partial charge on any atom is -0.379 e. The summed E-state index contributed by atoms with van der Waals surface area (Å²) in [6.07, 6.45) is -3.79. The summed E-state index contributed by atoms with van der Waals surface area (Å²) < 4.78 is 37.9. The van der Waals surface area contributed by atoms with Crippen molar-refractivity contribution in [3.8, 4) is 0 Å². The summed E-state index contributed by atoms with van der Waals surface area (Å²) in [6.45, 7) is 0.791. The van der Waals surface area contributed by atoms with Crippen LogP contribution in [-0.2, 0) is 4.79 Å². The number of likely N-dealkylation sites (tertiary alicyclic amines) is 1. The lowest BCUT2D eigenvalue weighted by atomic mass is 9.96. The largest absolute Gasteiger partial charge is 0.419 e. The van der Waals surface area contributed by atoms with Crippen molar-refractivity contribution in [1.29, 1.82) is 0 Å². The Morgan fingerprint density at radius 1 is 1.32 bits per heavy atom. The number of carbonyl (C=O) groups is 1. The molecule has 0 spiro atoms. The van der Waals surface area contributed by atoms with E-state index in [0.717, 1.165) is 4.90 Å². The molecule has 0 aliphatic carbocycles. The van der Waals surface area contributed by atoms with Crippen LogP contribution in [0.5, 0.6) is 0 Å². The number of aliphatic hydroxyl groups is 1. The topological polar surface area (TPSA) is 52.6 Å². The van der Waals surface area contributed by atoms with Gasteiger partial charge in [0.15, 0.2) is 5.60 Å². The minimum absolute atomic E-state index is 0. The molecule has 8 heteroatoms. The van der Waals surface area contributed by atoms with Crippen molar-refractivity contribution < 1.29 is 23.1 Å². The number of hydrogen-bond donors (Lipinski definition) is 2. The van der Waals surface area contributed by atoms with Crippen LogP contribution >= 0.6 is 12.4 Å². The zero-order chi connectivity index (χ0) is 13.4. The molecule has 2 fully saturated rings. The lowest BCUT2D eigenvalue weighted by Crippen LogP contribution is -2.49. The van der Waals surface area contributed by atoms with E-state index < -0.39 is 24.7 Å². The Balaban J connectivity index is 0.00000180. The molecular formula is C11H18ClF3N2O2. The van der Waals surface area contributed by atoms with E-state index in [4.69, 9.17) is 0 Å². The molecule has 2 heterocycles. The number of alkyl halides is 3. The van der Waals surface area contributed by atoms with Crippen LogP contribution in [0.1, 0.15) is 19.3 Å². The summed E-state index contributed by atoms with van der Waals surface area (Å²) in [5.74, 6) is -0.460. The second kappa shape index (κ2) is 5.85. The van der Waals surface area contributed by atoms with Gasteiger partial charge in [-0.15, -0.1) is 12.4 Å². The molecule has 112 valence electrons. The Morgan fingerprint density at radius 2 is 1.89 bits per heavy atom. The van der Waals surface area contributed by atoms with Crippen molar-refractivity contribution >= 4 is 18.3 Å². The smallest absolute Gasteiger partial charge is 0.379 e. The van der Waals surface area contributed by atoms with E-state index in [1.54, 1.807) is 0 Å². The highest BCUT2D eigenvalue weighted by atomic mass is 35.5. The first-order valence-electron chi connectivity index (χ1n) is 6.12. The molecule has 2 aliphatic rings.